The van der Waals surface area contributed by atoms with Crippen LogP contribution in [0.5, 0.6) is 0 Å². The van der Waals surface area contributed by atoms with Gasteiger partial charge >= 0.3 is 0 Å². The van der Waals surface area contributed by atoms with Gasteiger partial charge in [-0.15, -0.1) is 12.4 Å². The molecule has 1 atom stereocenters. The fourth-order valence-electron chi connectivity index (χ4n) is 2.01. The zero-order valence-corrected chi connectivity index (χ0v) is 11.2. The van der Waals surface area contributed by atoms with E-state index in [1.54, 1.807) is 0 Å². The van der Waals surface area contributed by atoms with Crippen molar-refractivity contribution in [2.75, 3.05) is 13.1 Å². The number of benzene rings is 1. The average molecular weight is 286 g/mol. The molecule has 1 fully saturated rings. The van der Waals surface area contributed by atoms with E-state index in [1.165, 1.54) is 0 Å². The lowest BCUT2D eigenvalue weighted by Crippen LogP contribution is -2.08. The third kappa shape index (κ3) is 2.66. The summed E-state index contributed by atoms with van der Waals surface area (Å²) < 4.78 is 5.30. The molecule has 0 unspecified atom stereocenters. The minimum atomic E-state index is 0. The number of halogens is 2. The Morgan fingerprint density at radius 1 is 1.39 bits per heavy atom. The SMILES string of the molecule is Cl.Clc1cccc(-c2noc([C@H]3CCNC3)n2)c1. The van der Waals surface area contributed by atoms with Crippen molar-refractivity contribution in [1.29, 1.82) is 0 Å². The van der Waals surface area contributed by atoms with E-state index in [0.717, 1.165) is 25.1 Å². The van der Waals surface area contributed by atoms with E-state index in [0.29, 0.717) is 22.7 Å². The molecule has 2 heterocycles. The second-order valence-corrected chi connectivity index (χ2v) is 4.59. The smallest absolute Gasteiger partial charge is 0.231 e. The second kappa shape index (κ2) is 5.69. The third-order valence-corrected chi connectivity index (χ3v) is 3.17. The van der Waals surface area contributed by atoms with Crippen molar-refractivity contribution in [3.05, 3.63) is 35.2 Å². The maximum absolute atomic E-state index is 5.93. The molecular weight excluding hydrogens is 273 g/mol. The van der Waals surface area contributed by atoms with E-state index in [9.17, 15) is 0 Å². The van der Waals surface area contributed by atoms with Crippen LogP contribution >= 0.6 is 24.0 Å². The zero-order chi connectivity index (χ0) is 11.7. The molecular formula is C12H13Cl2N3O. The monoisotopic (exact) mass is 285 g/mol. The Labute approximate surface area is 116 Å². The van der Waals surface area contributed by atoms with E-state index in [-0.39, 0.29) is 12.4 Å². The molecule has 4 nitrogen and oxygen atoms in total. The minimum absolute atomic E-state index is 0. The predicted octanol–water partition coefficient (Wildman–Crippen LogP) is 2.89. The number of hydrogen-bond acceptors (Lipinski definition) is 4. The van der Waals surface area contributed by atoms with Crippen molar-refractivity contribution in [2.45, 2.75) is 12.3 Å². The van der Waals surface area contributed by atoms with Crippen LogP contribution in [0.3, 0.4) is 0 Å². The fourth-order valence-corrected chi connectivity index (χ4v) is 2.20. The van der Waals surface area contributed by atoms with Gasteiger partial charge in [-0.3, -0.25) is 0 Å². The number of hydrogen-bond donors (Lipinski definition) is 1. The van der Waals surface area contributed by atoms with E-state index in [2.05, 4.69) is 15.5 Å². The second-order valence-electron chi connectivity index (χ2n) is 4.16. The van der Waals surface area contributed by atoms with E-state index < -0.39 is 0 Å². The molecule has 1 aromatic carbocycles. The molecule has 18 heavy (non-hydrogen) atoms. The van der Waals surface area contributed by atoms with Crippen molar-refractivity contribution in [3.8, 4) is 11.4 Å². The number of aromatic nitrogens is 2. The van der Waals surface area contributed by atoms with Crippen LogP contribution in [0.15, 0.2) is 28.8 Å². The Kier molecular flexibility index (Phi) is 4.22. The fraction of sp³-hybridized carbons (Fsp3) is 0.333. The van der Waals surface area contributed by atoms with Crippen molar-refractivity contribution in [2.24, 2.45) is 0 Å². The first-order valence-corrected chi connectivity index (χ1v) is 6.01. The highest BCUT2D eigenvalue weighted by Crippen LogP contribution is 2.24. The standard InChI is InChI=1S/C12H12ClN3O.ClH/c13-10-3-1-2-8(6-10)11-15-12(17-16-11)9-4-5-14-7-9;/h1-3,6,9,14H,4-5,7H2;1H/t9-;/m0./s1. The van der Waals surface area contributed by atoms with Crippen LogP contribution in [-0.2, 0) is 0 Å². The Bertz CT molecular complexity index is 524. The van der Waals surface area contributed by atoms with E-state index >= 15 is 0 Å². The molecule has 0 aliphatic carbocycles. The molecule has 0 radical (unpaired) electrons. The number of nitrogens with zero attached hydrogens (tertiary/aromatic N) is 2. The number of rotatable bonds is 2. The molecule has 0 amide bonds. The topological polar surface area (TPSA) is 51.0 Å². The highest BCUT2D eigenvalue weighted by atomic mass is 35.5. The molecule has 0 saturated carbocycles. The quantitative estimate of drug-likeness (QED) is 0.922. The van der Waals surface area contributed by atoms with Gasteiger partial charge < -0.3 is 9.84 Å². The van der Waals surface area contributed by atoms with Gasteiger partial charge in [-0.05, 0) is 25.1 Å². The lowest BCUT2D eigenvalue weighted by Gasteiger charge is -1.98. The number of nitrogens with one attached hydrogen (secondary N) is 1. The van der Waals surface area contributed by atoms with Crippen molar-refractivity contribution >= 4 is 24.0 Å². The maximum atomic E-state index is 5.93. The molecule has 3 rings (SSSR count). The summed E-state index contributed by atoms with van der Waals surface area (Å²) in [6.07, 6.45) is 1.05. The molecule has 0 bridgehead atoms. The van der Waals surface area contributed by atoms with Crippen LogP contribution < -0.4 is 5.32 Å². The summed E-state index contributed by atoms with van der Waals surface area (Å²) >= 11 is 5.93. The van der Waals surface area contributed by atoms with Crippen LogP contribution in [0.2, 0.25) is 5.02 Å². The molecule has 2 aromatic rings. The van der Waals surface area contributed by atoms with Crippen molar-refractivity contribution in [3.63, 3.8) is 0 Å². The molecule has 1 aromatic heterocycles. The first-order valence-electron chi connectivity index (χ1n) is 5.63. The van der Waals surface area contributed by atoms with Gasteiger partial charge in [0, 0.05) is 17.1 Å². The molecule has 0 spiro atoms. The molecule has 1 N–H and O–H groups in total. The Balaban J connectivity index is 0.00000120. The summed E-state index contributed by atoms with van der Waals surface area (Å²) in [5.41, 5.74) is 0.887. The highest BCUT2D eigenvalue weighted by Gasteiger charge is 2.22. The van der Waals surface area contributed by atoms with Gasteiger partial charge in [-0.25, -0.2) is 0 Å². The molecule has 1 aliphatic heterocycles. The predicted molar refractivity (Wildman–Crippen MR) is 72.2 cm³/mol. The first kappa shape index (κ1) is 13.3. The Hall–Kier alpha value is -1.10. The average Bonchev–Trinajstić information content (AvgIpc) is 3.00. The molecule has 96 valence electrons. The summed E-state index contributed by atoms with van der Waals surface area (Å²) in [4.78, 5) is 4.43. The lowest BCUT2D eigenvalue weighted by molar-refractivity contribution is 0.359. The van der Waals surface area contributed by atoms with E-state index in [4.69, 9.17) is 16.1 Å². The Morgan fingerprint density at radius 3 is 3.00 bits per heavy atom. The summed E-state index contributed by atoms with van der Waals surface area (Å²) in [7, 11) is 0. The van der Waals surface area contributed by atoms with Crippen molar-refractivity contribution < 1.29 is 4.52 Å². The lowest BCUT2D eigenvalue weighted by atomic mass is 10.1. The van der Waals surface area contributed by atoms with Gasteiger partial charge in [-0.1, -0.05) is 28.9 Å². The van der Waals surface area contributed by atoms with Gasteiger partial charge in [-0.2, -0.15) is 4.98 Å². The highest BCUT2D eigenvalue weighted by molar-refractivity contribution is 6.30. The summed E-state index contributed by atoms with van der Waals surface area (Å²) in [6.45, 7) is 1.93. The van der Waals surface area contributed by atoms with Crippen LogP contribution in [0.4, 0.5) is 0 Å². The van der Waals surface area contributed by atoms with Crippen LogP contribution in [0, 0.1) is 0 Å². The largest absolute Gasteiger partial charge is 0.339 e. The van der Waals surface area contributed by atoms with Gasteiger partial charge in [0.25, 0.3) is 0 Å². The van der Waals surface area contributed by atoms with Crippen LogP contribution in [-0.4, -0.2) is 23.2 Å². The van der Waals surface area contributed by atoms with Crippen LogP contribution in [0.1, 0.15) is 18.2 Å². The molecule has 1 aliphatic rings. The molecule has 6 heteroatoms. The third-order valence-electron chi connectivity index (χ3n) is 2.93. The van der Waals surface area contributed by atoms with Gasteiger partial charge in [0.1, 0.15) is 0 Å². The zero-order valence-electron chi connectivity index (χ0n) is 9.60. The maximum Gasteiger partial charge on any atom is 0.231 e. The van der Waals surface area contributed by atoms with Gasteiger partial charge in [0.05, 0.1) is 5.92 Å². The van der Waals surface area contributed by atoms with Crippen LogP contribution in [0.25, 0.3) is 11.4 Å². The minimum Gasteiger partial charge on any atom is -0.339 e. The van der Waals surface area contributed by atoms with Gasteiger partial charge in [0.15, 0.2) is 0 Å². The first-order chi connectivity index (χ1) is 8.33. The summed E-state index contributed by atoms with van der Waals surface area (Å²) in [5, 5.41) is 7.96. The van der Waals surface area contributed by atoms with Gasteiger partial charge in [0.2, 0.25) is 11.7 Å². The normalized spacial score (nSPS) is 18.6. The molecule has 1 saturated heterocycles. The van der Waals surface area contributed by atoms with Crippen molar-refractivity contribution in [1.82, 2.24) is 15.5 Å². The Morgan fingerprint density at radius 2 is 2.28 bits per heavy atom. The van der Waals surface area contributed by atoms with E-state index in [1.807, 2.05) is 24.3 Å². The summed E-state index contributed by atoms with van der Waals surface area (Å²) in [6, 6.07) is 7.47. The summed E-state index contributed by atoms with van der Waals surface area (Å²) in [5.74, 6) is 1.66.